The highest BCUT2D eigenvalue weighted by atomic mass is 35.5. The Morgan fingerprint density at radius 1 is 1.29 bits per heavy atom. The molecule has 184 valence electrons. The number of aliphatic hydroxyl groups is 2. The zero-order valence-electron chi connectivity index (χ0n) is 18.3. The number of aliphatic hydroxyl groups excluding tert-OH is 2. The molecule has 0 bridgehead atoms. The van der Waals surface area contributed by atoms with Crippen molar-refractivity contribution in [2.45, 2.75) is 43.3 Å². The van der Waals surface area contributed by atoms with E-state index in [1.54, 1.807) is 18.2 Å². The maximum absolute atomic E-state index is 12.9. The van der Waals surface area contributed by atoms with Gasteiger partial charge in [-0.25, -0.2) is 4.79 Å². The summed E-state index contributed by atoms with van der Waals surface area (Å²) in [6.45, 7) is -0.258. The van der Waals surface area contributed by atoms with Gasteiger partial charge in [0.2, 0.25) is 0 Å². The first-order chi connectivity index (χ1) is 16.2. The molecule has 9 heteroatoms. The third-order valence-corrected chi connectivity index (χ3v) is 7.40. The van der Waals surface area contributed by atoms with Gasteiger partial charge in [0.25, 0.3) is 0 Å². The second-order valence-corrected chi connectivity index (χ2v) is 9.91. The molecular formula is C25H26ClF3O4S. The van der Waals surface area contributed by atoms with Gasteiger partial charge in [0, 0.05) is 16.2 Å². The number of esters is 1. The van der Waals surface area contributed by atoms with Crippen LogP contribution in [0.25, 0.3) is 6.08 Å². The second-order valence-electron chi connectivity index (χ2n) is 8.18. The summed E-state index contributed by atoms with van der Waals surface area (Å²) in [6, 6.07) is 8.57. The summed E-state index contributed by atoms with van der Waals surface area (Å²) in [6.07, 6.45) is 0.873. The standard InChI is InChI=1S/C25H26ClF3O4S/c26-21-15-22(31)20(9-2-5-16-4-1-6-17(14-16)25(27,28)29)19(21)8-3-7-18-10-11-23(34-18)24(32)33-13-12-30/h1,4-6,9-11,14,19-22,30-31H,3,7-8,12-13,15H2/t2?,19-,20-,21-,22-/m1/s1. The lowest BCUT2D eigenvalue weighted by atomic mass is 9.89. The van der Waals surface area contributed by atoms with E-state index in [-0.39, 0.29) is 30.4 Å². The molecule has 4 nitrogen and oxygen atoms in total. The molecule has 1 fully saturated rings. The van der Waals surface area contributed by atoms with E-state index in [2.05, 4.69) is 5.73 Å². The second kappa shape index (κ2) is 12.0. The van der Waals surface area contributed by atoms with Crippen molar-refractivity contribution in [3.05, 3.63) is 69.1 Å². The van der Waals surface area contributed by atoms with Crippen molar-refractivity contribution in [3.63, 3.8) is 0 Å². The first kappa shape index (κ1) is 26.5. The highest BCUT2D eigenvalue weighted by Gasteiger charge is 2.39. The third kappa shape index (κ3) is 7.20. The Balaban J connectivity index is 1.60. The van der Waals surface area contributed by atoms with Crippen LogP contribution in [0.1, 0.15) is 44.9 Å². The molecule has 0 aliphatic heterocycles. The summed E-state index contributed by atoms with van der Waals surface area (Å²) in [7, 11) is 0. The molecule has 4 atom stereocenters. The Kier molecular flexibility index (Phi) is 9.39. The fourth-order valence-corrected chi connectivity index (χ4v) is 5.52. The third-order valence-electron chi connectivity index (χ3n) is 5.77. The molecule has 3 rings (SSSR count). The number of hydrogen-bond donors (Lipinski definition) is 2. The van der Waals surface area contributed by atoms with Crippen LogP contribution in [-0.4, -0.2) is 40.9 Å². The number of halogens is 4. The molecule has 2 N–H and O–H groups in total. The van der Waals surface area contributed by atoms with Crippen molar-refractivity contribution >= 4 is 35.0 Å². The Labute approximate surface area is 205 Å². The molecule has 0 spiro atoms. The summed E-state index contributed by atoms with van der Waals surface area (Å²) >= 11 is 7.84. The lowest BCUT2D eigenvalue weighted by Gasteiger charge is -2.19. The van der Waals surface area contributed by atoms with E-state index >= 15 is 0 Å². The van der Waals surface area contributed by atoms with E-state index in [1.807, 2.05) is 6.07 Å². The molecule has 0 amide bonds. The Morgan fingerprint density at radius 2 is 2.09 bits per heavy atom. The van der Waals surface area contributed by atoms with Gasteiger partial charge in [-0.3, -0.25) is 0 Å². The van der Waals surface area contributed by atoms with Crippen LogP contribution in [0.2, 0.25) is 0 Å². The Bertz CT molecular complexity index is 1030. The zero-order valence-corrected chi connectivity index (χ0v) is 19.9. The largest absolute Gasteiger partial charge is 0.459 e. The van der Waals surface area contributed by atoms with Gasteiger partial charge in [-0.15, -0.1) is 28.7 Å². The lowest BCUT2D eigenvalue weighted by molar-refractivity contribution is -0.137. The SMILES string of the molecule is O=C(OCCO)c1ccc(CCC[C@@H]2[C@@H](C=C=Cc3cccc(C(F)(F)F)c3)[C@H](O)C[C@H]2Cl)s1. The van der Waals surface area contributed by atoms with Crippen molar-refractivity contribution in [3.8, 4) is 0 Å². The molecule has 1 heterocycles. The number of ether oxygens (including phenoxy) is 1. The predicted octanol–water partition coefficient (Wildman–Crippen LogP) is 5.71. The van der Waals surface area contributed by atoms with E-state index in [9.17, 15) is 23.1 Å². The number of carbonyl (C=O) groups excluding carboxylic acids is 1. The number of carbonyl (C=O) groups is 1. The van der Waals surface area contributed by atoms with Gasteiger partial charge in [0.05, 0.1) is 18.3 Å². The summed E-state index contributed by atoms with van der Waals surface area (Å²) in [5, 5.41) is 19.0. The molecule has 1 aromatic heterocycles. The van der Waals surface area contributed by atoms with Gasteiger partial charge < -0.3 is 14.9 Å². The van der Waals surface area contributed by atoms with Crippen LogP contribution in [0.15, 0.2) is 48.2 Å². The van der Waals surface area contributed by atoms with Crippen LogP contribution >= 0.6 is 22.9 Å². The molecule has 34 heavy (non-hydrogen) atoms. The molecule has 0 unspecified atom stereocenters. The highest BCUT2D eigenvalue weighted by molar-refractivity contribution is 7.13. The van der Waals surface area contributed by atoms with Crippen LogP contribution in [0.3, 0.4) is 0 Å². The van der Waals surface area contributed by atoms with Crippen LogP contribution in [-0.2, 0) is 17.3 Å². The van der Waals surface area contributed by atoms with Crippen molar-refractivity contribution < 1.29 is 32.9 Å². The molecule has 2 aromatic rings. The number of aryl methyl sites for hydroxylation is 1. The molecule has 1 aliphatic carbocycles. The zero-order chi connectivity index (χ0) is 24.7. The van der Waals surface area contributed by atoms with Crippen molar-refractivity contribution in [2.24, 2.45) is 11.8 Å². The molecule has 0 saturated heterocycles. The van der Waals surface area contributed by atoms with Crippen molar-refractivity contribution in [1.29, 1.82) is 0 Å². The first-order valence-electron chi connectivity index (χ1n) is 11.0. The maximum atomic E-state index is 12.9. The van der Waals surface area contributed by atoms with E-state index in [0.717, 1.165) is 36.3 Å². The minimum Gasteiger partial charge on any atom is -0.459 e. The Hall–Kier alpha value is -2.09. The fraction of sp³-hybridized carbons (Fsp3) is 0.440. The Morgan fingerprint density at radius 3 is 2.82 bits per heavy atom. The van der Waals surface area contributed by atoms with Crippen molar-refractivity contribution in [2.75, 3.05) is 13.2 Å². The van der Waals surface area contributed by atoms with Crippen molar-refractivity contribution in [1.82, 2.24) is 0 Å². The number of alkyl halides is 4. The summed E-state index contributed by atoms with van der Waals surface area (Å²) in [5.41, 5.74) is 2.60. The van der Waals surface area contributed by atoms with E-state index in [4.69, 9.17) is 21.4 Å². The minimum atomic E-state index is -4.41. The van der Waals surface area contributed by atoms with Crippen LogP contribution in [0.4, 0.5) is 13.2 Å². The number of hydrogen-bond acceptors (Lipinski definition) is 5. The van der Waals surface area contributed by atoms with Gasteiger partial charge in [-0.2, -0.15) is 13.2 Å². The van der Waals surface area contributed by atoms with Crippen LogP contribution < -0.4 is 0 Å². The minimum absolute atomic E-state index is 0.00743. The highest BCUT2D eigenvalue weighted by Crippen LogP contribution is 2.40. The summed E-state index contributed by atoms with van der Waals surface area (Å²) < 4.78 is 43.6. The smallest absolute Gasteiger partial charge is 0.416 e. The number of thiophene rings is 1. The number of benzene rings is 1. The van der Waals surface area contributed by atoms with Gasteiger partial charge in [-0.1, -0.05) is 12.1 Å². The van der Waals surface area contributed by atoms with E-state index in [0.29, 0.717) is 16.9 Å². The molecular weight excluding hydrogens is 489 g/mol. The monoisotopic (exact) mass is 514 g/mol. The quantitative estimate of drug-likeness (QED) is 0.255. The molecule has 1 aromatic carbocycles. The molecule has 1 saturated carbocycles. The average molecular weight is 515 g/mol. The van der Waals surface area contributed by atoms with Crippen LogP contribution in [0, 0.1) is 11.8 Å². The normalized spacial score (nSPS) is 22.3. The fourth-order valence-electron chi connectivity index (χ4n) is 4.10. The average Bonchev–Trinajstić information content (AvgIpc) is 3.37. The summed E-state index contributed by atoms with van der Waals surface area (Å²) in [5.74, 6) is -0.687. The number of rotatable bonds is 9. The van der Waals surface area contributed by atoms with E-state index in [1.165, 1.54) is 23.5 Å². The molecule has 0 radical (unpaired) electrons. The predicted molar refractivity (Wildman–Crippen MR) is 126 cm³/mol. The topological polar surface area (TPSA) is 66.8 Å². The van der Waals surface area contributed by atoms with E-state index < -0.39 is 23.8 Å². The first-order valence-corrected chi connectivity index (χ1v) is 12.2. The maximum Gasteiger partial charge on any atom is 0.416 e. The molecule has 1 aliphatic rings. The van der Waals surface area contributed by atoms with Gasteiger partial charge >= 0.3 is 12.1 Å². The van der Waals surface area contributed by atoms with Gasteiger partial charge in [0.15, 0.2) is 0 Å². The lowest BCUT2D eigenvalue weighted by Crippen LogP contribution is -2.18. The van der Waals surface area contributed by atoms with Crippen LogP contribution in [0.5, 0.6) is 0 Å². The van der Waals surface area contributed by atoms with Gasteiger partial charge in [0.1, 0.15) is 11.5 Å². The van der Waals surface area contributed by atoms with Gasteiger partial charge in [-0.05, 0) is 73.6 Å². The summed E-state index contributed by atoms with van der Waals surface area (Å²) in [4.78, 5) is 13.4.